The van der Waals surface area contributed by atoms with Crippen LogP contribution in [0, 0.1) is 0 Å². The van der Waals surface area contributed by atoms with Crippen molar-refractivity contribution in [2.24, 2.45) is 0 Å². The summed E-state index contributed by atoms with van der Waals surface area (Å²) in [5.41, 5.74) is 2.82. The fraction of sp³-hybridized carbons (Fsp3) is 0.588. The van der Waals surface area contributed by atoms with Crippen LogP contribution in [0.2, 0.25) is 0 Å². The lowest BCUT2D eigenvalue weighted by Gasteiger charge is -2.28. The molecule has 21 heavy (non-hydrogen) atoms. The third-order valence-corrected chi connectivity index (χ3v) is 6.76. The van der Waals surface area contributed by atoms with E-state index in [1.165, 1.54) is 0 Å². The third-order valence-electron chi connectivity index (χ3n) is 4.67. The summed E-state index contributed by atoms with van der Waals surface area (Å²) >= 11 is 3.98. The van der Waals surface area contributed by atoms with Gasteiger partial charge in [0.15, 0.2) is 0 Å². The Morgan fingerprint density at radius 1 is 0.905 bits per heavy atom. The van der Waals surface area contributed by atoms with Gasteiger partial charge < -0.3 is 5.11 Å². The second kappa shape index (κ2) is 7.10. The minimum atomic E-state index is -0.725. The molecule has 2 aliphatic heterocycles. The molecule has 1 aromatic carbocycles. The van der Waals surface area contributed by atoms with Gasteiger partial charge in [-0.15, -0.1) is 0 Å². The van der Waals surface area contributed by atoms with Crippen LogP contribution in [0.15, 0.2) is 18.2 Å². The molecular formula is C17H22O2S2. The van der Waals surface area contributed by atoms with E-state index < -0.39 is 5.97 Å². The van der Waals surface area contributed by atoms with Crippen molar-refractivity contribution in [2.45, 2.75) is 37.5 Å². The Bertz CT molecular complexity index is 467. The lowest BCUT2D eigenvalue weighted by Crippen LogP contribution is -2.18. The van der Waals surface area contributed by atoms with Crippen LogP contribution >= 0.6 is 23.5 Å². The Morgan fingerprint density at radius 3 is 1.71 bits per heavy atom. The number of rotatable bonds is 3. The van der Waals surface area contributed by atoms with E-state index in [1.54, 1.807) is 0 Å². The fourth-order valence-electron chi connectivity index (χ4n) is 3.53. The Labute approximate surface area is 135 Å². The first-order valence-electron chi connectivity index (χ1n) is 7.79. The van der Waals surface area contributed by atoms with Crippen LogP contribution in [0.5, 0.6) is 0 Å². The van der Waals surface area contributed by atoms with Gasteiger partial charge in [0.2, 0.25) is 0 Å². The molecule has 1 aromatic rings. The second-order valence-corrected chi connectivity index (χ2v) is 8.34. The van der Waals surface area contributed by atoms with Gasteiger partial charge in [-0.3, -0.25) is 0 Å². The lowest BCUT2D eigenvalue weighted by molar-refractivity contribution is 0.0693. The normalized spacial score (nSPS) is 21.3. The van der Waals surface area contributed by atoms with Gasteiger partial charge >= 0.3 is 5.97 Å². The number of aromatic carboxylic acids is 1. The molecule has 3 rings (SSSR count). The first-order valence-corrected chi connectivity index (χ1v) is 10.1. The van der Waals surface area contributed by atoms with Crippen LogP contribution in [0.1, 0.15) is 59.0 Å². The summed E-state index contributed by atoms with van der Waals surface area (Å²) in [6, 6.07) is 6.21. The maximum absolute atomic E-state index is 11.9. The molecule has 0 aromatic heterocycles. The van der Waals surface area contributed by atoms with Gasteiger partial charge in [0.25, 0.3) is 0 Å². The van der Waals surface area contributed by atoms with Gasteiger partial charge in [-0.2, -0.15) is 23.5 Å². The van der Waals surface area contributed by atoms with Crippen molar-refractivity contribution in [2.75, 3.05) is 23.0 Å². The fourth-order valence-corrected chi connectivity index (χ4v) is 5.75. The van der Waals surface area contributed by atoms with Crippen molar-refractivity contribution >= 4 is 29.5 Å². The summed E-state index contributed by atoms with van der Waals surface area (Å²) in [5.74, 6) is 4.80. The van der Waals surface area contributed by atoms with E-state index in [4.69, 9.17) is 0 Å². The number of thioether (sulfide) groups is 2. The van der Waals surface area contributed by atoms with Crippen LogP contribution in [0.25, 0.3) is 0 Å². The zero-order chi connectivity index (χ0) is 14.7. The molecule has 0 spiro atoms. The van der Waals surface area contributed by atoms with E-state index in [0.717, 1.165) is 59.8 Å². The molecule has 2 fully saturated rings. The van der Waals surface area contributed by atoms with Gasteiger partial charge in [-0.1, -0.05) is 18.2 Å². The van der Waals surface area contributed by atoms with Crippen molar-refractivity contribution < 1.29 is 9.90 Å². The van der Waals surface area contributed by atoms with Crippen LogP contribution in [-0.2, 0) is 0 Å². The lowest BCUT2D eigenvalue weighted by atomic mass is 9.82. The van der Waals surface area contributed by atoms with Gasteiger partial charge in [-0.05, 0) is 71.7 Å². The first kappa shape index (κ1) is 15.3. The number of hydrogen-bond acceptors (Lipinski definition) is 3. The van der Waals surface area contributed by atoms with Crippen molar-refractivity contribution in [1.29, 1.82) is 0 Å². The molecule has 4 heteroatoms. The molecule has 0 bridgehead atoms. The average molecular weight is 322 g/mol. The van der Waals surface area contributed by atoms with Crippen molar-refractivity contribution in [3.05, 3.63) is 34.9 Å². The first-order chi connectivity index (χ1) is 10.3. The highest BCUT2D eigenvalue weighted by atomic mass is 32.2. The predicted molar refractivity (Wildman–Crippen MR) is 92.0 cm³/mol. The zero-order valence-corrected chi connectivity index (χ0v) is 13.8. The number of carboxylic acids is 1. The molecule has 0 atom stereocenters. The molecule has 0 aliphatic carbocycles. The van der Waals surface area contributed by atoms with Gasteiger partial charge in [-0.25, -0.2) is 4.79 Å². The molecule has 0 unspecified atom stereocenters. The van der Waals surface area contributed by atoms with Crippen LogP contribution < -0.4 is 0 Å². The van der Waals surface area contributed by atoms with Crippen LogP contribution in [0.3, 0.4) is 0 Å². The zero-order valence-electron chi connectivity index (χ0n) is 12.2. The summed E-state index contributed by atoms with van der Waals surface area (Å²) in [5, 5.41) is 9.80. The van der Waals surface area contributed by atoms with Gasteiger partial charge in [0.05, 0.1) is 5.56 Å². The monoisotopic (exact) mass is 322 g/mol. The number of hydrogen-bond donors (Lipinski definition) is 1. The molecular weight excluding hydrogens is 300 g/mol. The molecule has 2 nitrogen and oxygen atoms in total. The Kier molecular flexibility index (Phi) is 5.17. The summed E-state index contributed by atoms with van der Waals surface area (Å²) in [4.78, 5) is 11.9. The minimum absolute atomic E-state index is 0.440. The highest BCUT2D eigenvalue weighted by Crippen LogP contribution is 2.39. The van der Waals surface area contributed by atoms with E-state index >= 15 is 0 Å². The van der Waals surface area contributed by atoms with Gasteiger partial charge in [0, 0.05) is 0 Å². The second-order valence-electron chi connectivity index (χ2n) is 5.89. The highest BCUT2D eigenvalue weighted by Gasteiger charge is 2.27. The van der Waals surface area contributed by atoms with E-state index in [0.29, 0.717) is 17.4 Å². The summed E-state index contributed by atoms with van der Waals surface area (Å²) < 4.78 is 0. The number of benzene rings is 1. The van der Waals surface area contributed by atoms with Crippen molar-refractivity contribution in [1.82, 2.24) is 0 Å². The van der Waals surface area contributed by atoms with Crippen molar-refractivity contribution in [3.8, 4) is 0 Å². The van der Waals surface area contributed by atoms with Crippen LogP contribution in [-0.4, -0.2) is 34.1 Å². The average Bonchev–Trinajstić information content (AvgIpc) is 2.55. The summed E-state index contributed by atoms with van der Waals surface area (Å²) in [6.07, 6.45) is 4.48. The minimum Gasteiger partial charge on any atom is -0.478 e. The Hall–Kier alpha value is -0.610. The Morgan fingerprint density at radius 2 is 1.33 bits per heavy atom. The van der Waals surface area contributed by atoms with E-state index in [9.17, 15) is 9.90 Å². The van der Waals surface area contributed by atoms with E-state index in [1.807, 2.05) is 23.5 Å². The molecule has 2 heterocycles. The summed E-state index contributed by atoms with van der Waals surface area (Å²) in [6.45, 7) is 0. The molecule has 0 radical (unpaired) electrons. The van der Waals surface area contributed by atoms with E-state index in [-0.39, 0.29) is 0 Å². The van der Waals surface area contributed by atoms with Gasteiger partial charge in [0.1, 0.15) is 0 Å². The maximum Gasteiger partial charge on any atom is 0.336 e. The summed E-state index contributed by atoms with van der Waals surface area (Å²) in [7, 11) is 0. The highest BCUT2D eigenvalue weighted by molar-refractivity contribution is 7.99. The van der Waals surface area contributed by atoms with Crippen LogP contribution in [0.4, 0.5) is 0 Å². The smallest absolute Gasteiger partial charge is 0.336 e. The molecule has 2 saturated heterocycles. The SMILES string of the molecule is O=C(O)c1c(C2CCSCC2)cccc1C1CCSCC1. The Balaban J connectivity index is 1.97. The van der Waals surface area contributed by atoms with Crippen molar-refractivity contribution in [3.63, 3.8) is 0 Å². The third kappa shape index (κ3) is 3.42. The number of carboxylic acid groups (broad SMARTS) is 1. The topological polar surface area (TPSA) is 37.3 Å². The largest absolute Gasteiger partial charge is 0.478 e. The quantitative estimate of drug-likeness (QED) is 0.882. The molecule has 1 N–H and O–H groups in total. The molecule has 0 amide bonds. The molecule has 2 aliphatic rings. The molecule has 114 valence electrons. The van der Waals surface area contributed by atoms with E-state index in [2.05, 4.69) is 18.2 Å². The maximum atomic E-state index is 11.9. The molecule has 0 saturated carbocycles. The number of carbonyl (C=O) groups is 1. The predicted octanol–water partition coefficient (Wildman–Crippen LogP) is 4.61. The standard InChI is InChI=1S/C17H22O2S2/c18-17(19)16-14(12-4-8-20-9-5-12)2-1-3-15(16)13-6-10-21-11-7-13/h1-3,12-13H,4-11H2,(H,18,19).